The van der Waals surface area contributed by atoms with Crippen molar-refractivity contribution in [1.29, 1.82) is 0 Å². The lowest BCUT2D eigenvalue weighted by molar-refractivity contribution is 0.125. The third kappa shape index (κ3) is 5.34. The second-order valence-electron chi connectivity index (χ2n) is 7.33. The molecule has 6 heteroatoms. The van der Waals surface area contributed by atoms with Crippen LogP contribution in [-0.2, 0) is 6.54 Å². The third-order valence-electron chi connectivity index (χ3n) is 5.19. The zero-order valence-electron chi connectivity index (χ0n) is 17.4. The summed E-state index contributed by atoms with van der Waals surface area (Å²) in [6.07, 6.45) is 4.43. The lowest BCUT2D eigenvalue weighted by Crippen LogP contribution is -2.45. The maximum absolute atomic E-state index is 5.68. The molecule has 0 unspecified atom stereocenters. The Bertz CT molecular complexity index is 947. The van der Waals surface area contributed by atoms with Gasteiger partial charge in [0.25, 0.3) is 0 Å². The Morgan fingerprint density at radius 2 is 1.70 bits per heavy atom. The van der Waals surface area contributed by atoms with Gasteiger partial charge in [0.15, 0.2) is 0 Å². The van der Waals surface area contributed by atoms with Crippen molar-refractivity contribution in [2.75, 3.05) is 39.3 Å². The molecule has 0 atom stereocenters. The topological polar surface area (TPSA) is 54.6 Å². The monoisotopic (exact) mass is 404 g/mol. The molecule has 30 heavy (non-hydrogen) atoms. The molecule has 0 spiro atoms. The first-order chi connectivity index (χ1) is 14.8. The molecular formula is C24H28N4O2. The van der Waals surface area contributed by atoms with Gasteiger partial charge in [-0.15, -0.1) is 0 Å². The SMILES string of the molecule is CCOc1ccccc1-c1noc(CN2CCN(C/C=C/c3ccccc3)CC2)n1. The minimum atomic E-state index is 0.582. The summed E-state index contributed by atoms with van der Waals surface area (Å²) >= 11 is 0. The lowest BCUT2D eigenvalue weighted by Gasteiger charge is -2.33. The zero-order valence-corrected chi connectivity index (χ0v) is 17.4. The molecule has 1 fully saturated rings. The van der Waals surface area contributed by atoms with Crippen LogP contribution in [-0.4, -0.2) is 59.3 Å². The van der Waals surface area contributed by atoms with E-state index in [1.54, 1.807) is 0 Å². The van der Waals surface area contributed by atoms with Gasteiger partial charge >= 0.3 is 0 Å². The fourth-order valence-corrected chi connectivity index (χ4v) is 3.58. The molecule has 0 radical (unpaired) electrons. The predicted molar refractivity (Wildman–Crippen MR) is 118 cm³/mol. The van der Waals surface area contributed by atoms with E-state index in [2.05, 4.69) is 56.4 Å². The van der Waals surface area contributed by atoms with Crippen LogP contribution in [0.25, 0.3) is 17.5 Å². The standard InChI is InChI=1S/C24H28N4O2/c1-2-29-22-13-7-6-12-21(22)24-25-23(30-26-24)19-28-17-15-27(16-18-28)14-8-11-20-9-4-3-5-10-20/h3-13H,2,14-19H2,1H3/b11-8+. The Morgan fingerprint density at radius 1 is 0.967 bits per heavy atom. The normalized spacial score (nSPS) is 15.6. The Kier molecular flexibility index (Phi) is 6.90. The van der Waals surface area contributed by atoms with Gasteiger partial charge in [0.1, 0.15) is 5.75 Å². The first-order valence-electron chi connectivity index (χ1n) is 10.5. The first-order valence-corrected chi connectivity index (χ1v) is 10.5. The molecule has 1 aliphatic heterocycles. The molecule has 0 aliphatic carbocycles. The zero-order chi connectivity index (χ0) is 20.6. The number of rotatable bonds is 8. The summed E-state index contributed by atoms with van der Waals surface area (Å²) in [7, 11) is 0. The maximum atomic E-state index is 5.68. The Hall–Kier alpha value is -2.96. The van der Waals surface area contributed by atoms with E-state index in [1.165, 1.54) is 5.56 Å². The summed E-state index contributed by atoms with van der Waals surface area (Å²) in [5.41, 5.74) is 2.11. The number of hydrogen-bond acceptors (Lipinski definition) is 6. The van der Waals surface area contributed by atoms with Gasteiger partial charge in [-0.25, -0.2) is 0 Å². The van der Waals surface area contributed by atoms with E-state index < -0.39 is 0 Å². The fourth-order valence-electron chi connectivity index (χ4n) is 3.58. The van der Waals surface area contributed by atoms with E-state index in [4.69, 9.17) is 9.26 Å². The van der Waals surface area contributed by atoms with E-state index in [0.717, 1.165) is 44.0 Å². The molecule has 156 valence electrons. The average molecular weight is 405 g/mol. The van der Waals surface area contributed by atoms with Crippen molar-refractivity contribution in [2.24, 2.45) is 0 Å². The van der Waals surface area contributed by atoms with Crippen molar-refractivity contribution in [3.05, 3.63) is 72.1 Å². The number of ether oxygens (including phenoxy) is 1. The second-order valence-corrected chi connectivity index (χ2v) is 7.33. The van der Waals surface area contributed by atoms with Crippen molar-refractivity contribution in [3.8, 4) is 17.1 Å². The van der Waals surface area contributed by atoms with Crippen molar-refractivity contribution < 1.29 is 9.26 Å². The summed E-state index contributed by atoms with van der Waals surface area (Å²) in [6, 6.07) is 18.2. The highest BCUT2D eigenvalue weighted by Gasteiger charge is 2.19. The number of hydrogen-bond donors (Lipinski definition) is 0. The van der Waals surface area contributed by atoms with E-state index in [-0.39, 0.29) is 0 Å². The first kappa shape index (κ1) is 20.3. The summed E-state index contributed by atoms with van der Waals surface area (Å²) < 4.78 is 11.2. The number of aromatic nitrogens is 2. The van der Waals surface area contributed by atoms with Crippen LogP contribution in [0.5, 0.6) is 5.75 Å². The number of para-hydroxylation sites is 1. The van der Waals surface area contributed by atoms with Gasteiger partial charge in [-0.05, 0) is 24.6 Å². The predicted octanol–water partition coefficient (Wildman–Crippen LogP) is 3.97. The quantitative estimate of drug-likeness (QED) is 0.566. The van der Waals surface area contributed by atoms with Crippen LogP contribution in [0.2, 0.25) is 0 Å². The molecule has 1 aliphatic rings. The molecule has 4 rings (SSSR count). The van der Waals surface area contributed by atoms with Gasteiger partial charge in [-0.1, -0.05) is 59.8 Å². The molecule has 0 amide bonds. The molecule has 6 nitrogen and oxygen atoms in total. The number of piperazine rings is 1. The molecule has 0 N–H and O–H groups in total. The Morgan fingerprint density at radius 3 is 2.50 bits per heavy atom. The Labute approximate surface area is 177 Å². The third-order valence-corrected chi connectivity index (χ3v) is 5.19. The van der Waals surface area contributed by atoms with Gasteiger partial charge < -0.3 is 9.26 Å². The van der Waals surface area contributed by atoms with Crippen molar-refractivity contribution in [2.45, 2.75) is 13.5 Å². The average Bonchev–Trinajstić information content (AvgIpc) is 3.25. The molecule has 1 saturated heterocycles. The van der Waals surface area contributed by atoms with Gasteiger partial charge in [0, 0.05) is 32.7 Å². The van der Waals surface area contributed by atoms with Gasteiger partial charge in [0.2, 0.25) is 11.7 Å². The fraction of sp³-hybridized carbons (Fsp3) is 0.333. The van der Waals surface area contributed by atoms with E-state index in [1.807, 2.05) is 37.3 Å². The van der Waals surface area contributed by atoms with Crippen molar-refractivity contribution in [3.63, 3.8) is 0 Å². The summed E-state index contributed by atoms with van der Waals surface area (Å²) in [4.78, 5) is 9.43. The van der Waals surface area contributed by atoms with E-state index >= 15 is 0 Å². The molecule has 0 bridgehead atoms. The smallest absolute Gasteiger partial charge is 0.241 e. The van der Waals surface area contributed by atoms with Crippen LogP contribution in [0, 0.1) is 0 Å². The summed E-state index contributed by atoms with van der Waals surface area (Å²) in [5, 5.41) is 4.17. The highest BCUT2D eigenvalue weighted by atomic mass is 16.5. The molecule has 0 saturated carbocycles. The highest BCUT2D eigenvalue weighted by Crippen LogP contribution is 2.27. The molecule has 1 aromatic heterocycles. The molecule has 2 aromatic carbocycles. The van der Waals surface area contributed by atoms with Gasteiger partial charge in [0.05, 0.1) is 18.7 Å². The molecule has 2 heterocycles. The van der Waals surface area contributed by atoms with Gasteiger partial charge in [-0.2, -0.15) is 4.98 Å². The largest absolute Gasteiger partial charge is 0.493 e. The lowest BCUT2D eigenvalue weighted by atomic mass is 10.2. The highest BCUT2D eigenvalue weighted by molar-refractivity contribution is 5.63. The van der Waals surface area contributed by atoms with E-state index in [9.17, 15) is 0 Å². The minimum absolute atomic E-state index is 0.582. The van der Waals surface area contributed by atoms with Crippen LogP contribution in [0.1, 0.15) is 18.4 Å². The maximum Gasteiger partial charge on any atom is 0.241 e. The second kappa shape index (κ2) is 10.2. The minimum Gasteiger partial charge on any atom is -0.493 e. The Balaban J connectivity index is 1.27. The summed E-state index contributed by atoms with van der Waals surface area (Å²) in [6.45, 7) is 8.28. The number of benzene rings is 2. The summed E-state index contributed by atoms with van der Waals surface area (Å²) in [5.74, 6) is 2.01. The van der Waals surface area contributed by atoms with Crippen LogP contribution >= 0.6 is 0 Å². The molecular weight excluding hydrogens is 376 g/mol. The van der Waals surface area contributed by atoms with Crippen molar-refractivity contribution in [1.82, 2.24) is 19.9 Å². The number of nitrogens with zero attached hydrogens (tertiary/aromatic N) is 4. The van der Waals surface area contributed by atoms with Crippen LogP contribution in [0.4, 0.5) is 0 Å². The molecule has 3 aromatic rings. The van der Waals surface area contributed by atoms with Gasteiger partial charge in [-0.3, -0.25) is 9.80 Å². The van der Waals surface area contributed by atoms with Crippen LogP contribution in [0.3, 0.4) is 0 Å². The van der Waals surface area contributed by atoms with E-state index in [0.29, 0.717) is 24.9 Å². The van der Waals surface area contributed by atoms with Crippen LogP contribution in [0.15, 0.2) is 65.2 Å². The van der Waals surface area contributed by atoms with Crippen LogP contribution < -0.4 is 4.74 Å². The van der Waals surface area contributed by atoms with Crippen molar-refractivity contribution >= 4 is 6.08 Å².